The van der Waals surface area contributed by atoms with Gasteiger partial charge >= 0.3 is 0 Å². The molecule has 0 bridgehead atoms. The van der Waals surface area contributed by atoms with Gasteiger partial charge in [-0.05, 0) is 32.0 Å². The number of hydrogen-bond acceptors (Lipinski definition) is 4. The highest BCUT2D eigenvalue weighted by Crippen LogP contribution is 2.39. The Balaban J connectivity index is 1.91. The third kappa shape index (κ3) is 3.33. The van der Waals surface area contributed by atoms with Gasteiger partial charge < -0.3 is 5.11 Å². The molecule has 2 aromatic heterocycles. The zero-order valence-electron chi connectivity index (χ0n) is 16.0. The molecule has 0 unspecified atom stereocenters. The van der Waals surface area contributed by atoms with Gasteiger partial charge in [-0.2, -0.15) is 10.2 Å². The third-order valence-corrected chi connectivity index (χ3v) is 5.55. The monoisotopic (exact) mass is 435 g/mol. The first-order chi connectivity index (χ1) is 14.2. The summed E-state index contributed by atoms with van der Waals surface area (Å²) in [7, 11) is 0. The molecule has 0 saturated heterocycles. The Kier molecular flexibility index (Phi) is 5.03. The lowest BCUT2D eigenvalue weighted by molar-refractivity contribution is -0.0355. The number of benzene rings is 2. The van der Waals surface area contributed by atoms with Crippen molar-refractivity contribution in [1.29, 1.82) is 0 Å². The van der Waals surface area contributed by atoms with Crippen LogP contribution in [0.25, 0.3) is 10.9 Å². The van der Waals surface area contributed by atoms with Crippen LogP contribution in [0.3, 0.4) is 0 Å². The van der Waals surface area contributed by atoms with E-state index in [4.69, 9.17) is 11.6 Å². The molecule has 0 aliphatic rings. The van der Waals surface area contributed by atoms with E-state index in [1.54, 1.807) is 13.8 Å². The van der Waals surface area contributed by atoms with E-state index < -0.39 is 29.1 Å². The van der Waals surface area contributed by atoms with Gasteiger partial charge in [0.05, 0.1) is 28.8 Å². The second-order valence-electron chi connectivity index (χ2n) is 7.13. The summed E-state index contributed by atoms with van der Waals surface area (Å²) < 4.78 is 45.0. The van der Waals surface area contributed by atoms with Crippen LogP contribution >= 0.6 is 11.6 Å². The van der Waals surface area contributed by atoms with Crippen LogP contribution in [-0.4, -0.2) is 29.7 Å². The van der Waals surface area contributed by atoms with Crippen molar-refractivity contribution >= 4 is 22.5 Å². The first kappa shape index (κ1) is 20.4. The average molecular weight is 436 g/mol. The lowest BCUT2D eigenvalue weighted by atomic mass is 9.86. The molecule has 0 fully saturated rings. The molecule has 0 saturated carbocycles. The third-order valence-electron chi connectivity index (χ3n) is 5.26. The van der Waals surface area contributed by atoms with Crippen molar-refractivity contribution in [3.63, 3.8) is 0 Å². The van der Waals surface area contributed by atoms with Crippen molar-refractivity contribution in [2.45, 2.75) is 32.0 Å². The number of halogens is 4. The van der Waals surface area contributed by atoms with E-state index in [2.05, 4.69) is 15.2 Å². The smallest absolute Gasteiger partial charge is 0.142 e. The summed E-state index contributed by atoms with van der Waals surface area (Å²) in [6.07, 6.45) is 2.65. The number of fused-ring (bicyclic) bond motifs is 1. The zero-order valence-corrected chi connectivity index (χ0v) is 16.8. The fourth-order valence-electron chi connectivity index (χ4n) is 3.63. The molecule has 10 heteroatoms. The Bertz CT molecular complexity index is 1230. The van der Waals surface area contributed by atoms with Gasteiger partial charge in [0.25, 0.3) is 0 Å². The lowest BCUT2D eigenvalue weighted by Gasteiger charge is -2.35. The van der Waals surface area contributed by atoms with E-state index in [-0.39, 0.29) is 17.1 Å². The highest BCUT2D eigenvalue weighted by molar-refractivity contribution is 6.31. The molecule has 2 heterocycles. The second kappa shape index (κ2) is 7.41. The summed E-state index contributed by atoms with van der Waals surface area (Å²) in [5.41, 5.74) is -1.07. The number of aliphatic hydroxyl groups is 1. The molecule has 0 radical (unpaired) electrons. The average Bonchev–Trinajstić information content (AvgIpc) is 3.30. The van der Waals surface area contributed by atoms with Crippen LogP contribution in [0.4, 0.5) is 13.2 Å². The van der Waals surface area contributed by atoms with E-state index >= 15 is 0 Å². The fraction of sp³-hybridized carbons (Fsp3) is 0.250. The molecule has 156 valence electrons. The molecule has 0 spiro atoms. The van der Waals surface area contributed by atoms with E-state index in [9.17, 15) is 18.3 Å². The maximum atomic E-state index is 14.7. The first-order valence-electron chi connectivity index (χ1n) is 9.05. The first-order valence-corrected chi connectivity index (χ1v) is 9.42. The molecule has 30 heavy (non-hydrogen) atoms. The Labute approximate surface area is 174 Å². The quantitative estimate of drug-likeness (QED) is 0.511. The van der Waals surface area contributed by atoms with Gasteiger partial charge in [0.1, 0.15) is 35.7 Å². The minimum atomic E-state index is -1.91. The lowest BCUT2D eigenvalue weighted by Crippen LogP contribution is -2.41. The predicted molar refractivity (Wildman–Crippen MR) is 104 cm³/mol. The number of aromatic nitrogens is 5. The Morgan fingerprint density at radius 3 is 2.60 bits per heavy atom. The molecule has 4 aromatic rings. The van der Waals surface area contributed by atoms with Crippen LogP contribution in [0.15, 0.2) is 43.0 Å². The minimum absolute atomic E-state index is 0.108. The maximum Gasteiger partial charge on any atom is 0.142 e. The molecule has 2 aromatic carbocycles. The van der Waals surface area contributed by atoms with Crippen molar-refractivity contribution in [2.24, 2.45) is 0 Å². The van der Waals surface area contributed by atoms with Gasteiger partial charge in [0.2, 0.25) is 0 Å². The molecule has 0 aliphatic carbocycles. The summed E-state index contributed by atoms with van der Waals surface area (Å²) in [5.74, 6) is -2.28. The largest absolute Gasteiger partial charge is 0.381 e. The Morgan fingerprint density at radius 2 is 1.93 bits per heavy atom. The van der Waals surface area contributed by atoms with Crippen LogP contribution in [-0.2, 0) is 12.1 Å². The summed E-state index contributed by atoms with van der Waals surface area (Å²) in [5, 5.41) is 20.5. The SMILES string of the molecule is Cc1nn([C@H](C)[C@](O)(Cn2cncn2)c2ccc(F)cc2F)c2cc(Cl)c(F)cc12. The van der Waals surface area contributed by atoms with Gasteiger partial charge in [0.15, 0.2) is 0 Å². The number of rotatable bonds is 5. The van der Waals surface area contributed by atoms with E-state index in [1.807, 2.05) is 0 Å². The molecular formula is C20H17ClF3N5O. The fourth-order valence-corrected chi connectivity index (χ4v) is 3.78. The predicted octanol–water partition coefficient (Wildman–Crippen LogP) is 4.16. The van der Waals surface area contributed by atoms with Crippen molar-refractivity contribution < 1.29 is 18.3 Å². The van der Waals surface area contributed by atoms with Gasteiger partial charge in [-0.3, -0.25) is 4.68 Å². The summed E-state index contributed by atoms with van der Waals surface area (Å²) >= 11 is 5.96. The van der Waals surface area contributed by atoms with Crippen molar-refractivity contribution in [3.05, 3.63) is 76.7 Å². The molecule has 1 N–H and O–H groups in total. The van der Waals surface area contributed by atoms with Crippen LogP contribution in [0.5, 0.6) is 0 Å². The van der Waals surface area contributed by atoms with Crippen molar-refractivity contribution in [3.8, 4) is 0 Å². The van der Waals surface area contributed by atoms with E-state index in [1.165, 1.54) is 40.2 Å². The van der Waals surface area contributed by atoms with Gasteiger partial charge in [-0.15, -0.1) is 0 Å². The van der Waals surface area contributed by atoms with Crippen molar-refractivity contribution in [1.82, 2.24) is 24.5 Å². The minimum Gasteiger partial charge on any atom is -0.381 e. The zero-order chi connectivity index (χ0) is 21.6. The molecule has 0 amide bonds. The second-order valence-corrected chi connectivity index (χ2v) is 7.54. The highest BCUT2D eigenvalue weighted by atomic mass is 35.5. The van der Waals surface area contributed by atoms with Crippen LogP contribution in [0.2, 0.25) is 5.02 Å². The maximum absolute atomic E-state index is 14.7. The highest BCUT2D eigenvalue weighted by Gasteiger charge is 2.41. The molecule has 4 rings (SSSR count). The van der Waals surface area contributed by atoms with Crippen LogP contribution in [0, 0.1) is 24.4 Å². The summed E-state index contributed by atoms with van der Waals surface area (Å²) in [4.78, 5) is 3.85. The van der Waals surface area contributed by atoms with Gasteiger partial charge in [-0.25, -0.2) is 22.8 Å². The van der Waals surface area contributed by atoms with Crippen LogP contribution in [0.1, 0.15) is 24.2 Å². The molecule has 2 atom stereocenters. The summed E-state index contributed by atoms with van der Waals surface area (Å²) in [6.45, 7) is 3.13. The van der Waals surface area contributed by atoms with Crippen LogP contribution < -0.4 is 0 Å². The number of aryl methyl sites for hydroxylation is 1. The Morgan fingerprint density at radius 1 is 1.17 bits per heavy atom. The standard InChI is InChI=1S/C20H17ClF3N5O/c1-11-14-6-18(24)16(21)7-19(14)29(27-11)12(2)20(30,8-28-10-25-9-26-28)15-4-3-13(22)5-17(15)23/h3-7,9-10,12,30H,8H2,1-2H3/t12-,20-/m1/s1. The van der Waals surface area contributed by atoms with E-state index in [0.29, 0.717) is 22.7 Å². The van der Waals surface area contributed by atoms with E-state index in [0.717, 1.165) is 6.07 Å². The normalized spacial score (nSPS) is 14.8. The topological polar surface area (TPSA) is 68.8 Å². The van der Waals surface area contributed by atoms with Gasteiger partial charge in [-0.1, -0.05) is 17.7 Å². The van der Waals surface area contributed by atoms with Crippen molar-refractivity contribution in [2.75, 3.05) is 0 Å². The van der Waals surface area contributed by atoms with Gasteiger partial charge in [0, 0.05) is 17.0 Å². The number of hydrogen-bond donors (Lipinski definition) is 1. The Hall–Kier alpha value is -2.91. The number of nitrogens with zero attached hydrogens (tertiary/aromatic N) is 5. The molecule has 6 nitrogen and oxygen atoms in total. The summed E-state index contributed by atoms with van der Waals surface area (Å²) in [6, 6.07) is 4.74. The molecular weight excluding hydrogens is 419 g/mol. The molecule has 0 aliphatic heterocycles.